The first kappa shape index (κ1) is 30.4. The summed E-state index contributed by atoms with van der Waals surface area (Å²) in [7, 11) is 0. The van der Waals surface area contributed by atoms with Gasteiger partial charge >= 0.3 is 0 Å². The number of para-hydroxylation sites is 1. The van der Waals surface area contributed by atoms with E-state index in [9.17, 15) is 5.11 Å². The van der Waals surface area contributed by atoms with Crippen molar-refractivity contribution in [2.75, 3.05) is 0 Å². The number of rotatable bonds is 5. The van der Waals surface area contributed by atoms with Gasteiger partial charge in [0.25, 0.3) is 0 Å². The molecule has 0 spiro atoms. The molecule has 9 rings (SSSR count). The summed E-state index contributed by atoms with van der Waals surface area (Å²) in [5.74, 6) is 0.972. The molecule has 0 amide bonds. The standard InChI is InChI=1S/C43H27N4O.Pt/c48-39-19-8-14-30-20-21-31-22-23-37(45-41(31)40(30)39)38-27-47(43(46-38)36-18-7-15-32-26-44-25-24-33(32)36)42-34(28-10-3-1-4-11-28)16-9-17-35(42)29-12-5-2-6-13-29;/h1-23,25-27,48H;/q-1;. The fourth-order valence-corrected chi connectivity index (χ4v) is 6.69. The Bertz CT molecular complexity index is 2570. The van der Waals surface area contributed by atoms with Gasteiger partial charge in [-0.1, -0.05) is 121 Å². The normalized spacial score (nSPS) is 11.2. The minimum absolute atomic E-state index is 0. The van der Waals surface area contributed by atoms with Crippen molar-refractivity contribution in [1.82, 2.24) is 19.5 Å². The molecule has 49 heavy (non-hydrogen) atoms. The van der Waals surface area contributed by atoms with Gasteiger partial charge in [0.1, 0.15) is 11.4 Å². The fraction of sp³-hybridized carbons (Fsp3) is 0. The summed E-state index contributed by atoms with van der Waals surface area (Å²) in [6.07, 6.45) is 5.65. The van der Waals surface area contributed by atoms with Crippen LogP contribution in [0.3, 0.4) is 0 Å². The van der Waals surface area contributed by atoms with Gasteiger partial charge in [-0.2, -0.15) is 11.5 Å². The first-order chi connectivity index (χ1) is 23.7. The second-order valence-corrected chi connectivity index (χ2v) is 11.8. The van der Waals surface area contributed by atoms with Crippen molar-refractivity contribution in [3.05, 3.63) is 164 Å². The van der Waals surface area contributed by atoms with Gasteiger partial charge in [-0.3, -0.25) is 4.98 Å². The van der Waals surface area contributed by atoms with Crippen LogP contribution < -0.4 is 0 Å². The van der Waals surface area contributed by atoms with E-state index < -0.39 is 0 Å². The zero-order valence-corrected chi connectivity index (χ0v) is 28.3. The topological polar surface area (TPSA) is 63.8 Å². The average Bonchev–Trinajstić information content (AvgIpc) is 3.60. The number of pyridine rings is 2. The predicted octanol–water partition coefficient (Wildman–Crippen LogP) is 10.3. The second-order valence-electron chi connectivity index (χ2n) is 11.8. The third-order valence-corrected chi connectivity index (χ3v) is 8.93. The van der Waals surface area contributed by atoms with Gasteiger partial charge in [0.2, 0.25) is 0 Å². The Hall–Kier alpha value is -5.90. The van der Waals surface area contributed by atoms with Crippen LogP contribution in [-0.2, 0) is 21.1 Å². The van der Waals surface area contributed by atoms with Gasteiger partial charge < -0.3 is 9.67 Å². The van der Waals surface area contributed by atoms with Crippen LogP contribution in [0, 0.1) is 6.07 Å². The Balaban J connectivity index is 0.00000348. The van der Waals surface area contributed by atoms with Crippen LogP contribution in [0.5, 0.6) is 5.75 Å². The fourth-order valence-electron chi connectivity index (χ4n) is 6.69. The number of hydrogen-bond donors (Lipinski definition) is 1. The van der Waals surface area contributed by atoms with Gasteiger partial charge in [-0.15, -0.1) is 17.5 Å². The summed E-state index contributed by atoms with van der Waals surface area (Å²) in [5, 5.41) is 15.4. The molecule has 236 valence electrons. The first-order valence-electron chi connectivity index (χ1n) is 15.8. The van der Waals surface area contributed by atoms with E-state index in [4.69, 9.17) is 9.97 Å². The molecular weight excluding hydrogens is 784 g/mol. The van der Waals surface area contributed by atoms with Gasteiger partial charge in [0, 0.05) is 49.2 Å². The number of hydrogen-bond acceptors (Lipinski definition) is 4. The smallest absolute Gasteiger partial charge is 0.125 e. The maximum Gasteiger partial charge on any atom is 0.125 e. The second kappa shape index (κ2) is 12.6. The molecule has 0 bridgehead atoms. The Morgan fingerprint density at radius 1 is 0.551 bits per heavy atom. The van der Waals surface area contributed by atoms with E-state index in [1.807, 2.05) is 66.9 Å². The minimum Gasteiger partial charge on any atom is -0.507 e. The maximum atomic E-state index is 10.9. The average molecular weight is 811 g/mol. The monoisotopic (exact) mass is 810 g/mol. The number of aromatic hydroxyl groups is 1. The molecule has 1 N–H and O–H groups in total. The zero-order chi connectivity index (χ0) is 32.0. The number of imidazole rings is 1. The molecule has 3 heterocycles. The van der Waals surface area contributed by atoms with Crippen LogP contribution >= 0.6 is 0 Å². The third-order valence-electron chi connectivity index (χ3n) is 8.93. The summed E-state index contributed by atoms with van der Waals surface area (Å²) < 4.78 is 2.20. The molecule has 5 nitrogen and oxygen atoms in total. The first-order valence-corrected chi connectivity index (χ1v) is 15.8. The molecule has 0 saturated carbocycles. The number of phenols is 1. The van der Waals surface area contributed by atoms with E-state index in [2.05, 4.69) is 94.6 Å². The molecule has 0 fully saturated rings. The Morgan fingerprint density at radius 3 is 1.94 bits per heavy atom. The predicted molar refractivity (Wildman–Crippen MR) is 194 cm³/mol. The molecule has 9 aromatic rings. The molecule has 0 aliphatic rings. The molecule has 0 radical (unpaired) electrons. The van der Waals surface area contributed by atoms with Crippen molar-refractivity contribution in [2.24, 2.45) is 0 Å². The number of aromatic nitrogens is 4. The van der Waals surface area contributed by atoms with Gasteiger partial charge in [-0.05, 0) is 41.0 Å². The molecular formula is C43H27N4OPt-. The van der Waals surface area contributed by atoms with Gasteiger partial charge in [0.15, 0.2) is 0 Å². The van der Waals surface area contributed by atoms with Gasteiger partial charge in [0.05, 0.1) is 22.7 Å². The molecule has 3 aromatic heterocycles. The number of benzene rings is 6. The molecule has 6 aromatic carbocycles. The summed E-state index contributed by atoms with van der Waals surface area (Å²) >= 11 is 0. The van der Waals surface area contributed by atoms with Crippen molar-refractivity contribution in [3.63, 3.8) is 0 Å². The Morgan fingerprint density at radius 2 is 1.18 bits per heavy atom. The van der Waals surface area contributed by atoms with E-state index in [1.165, 1.54) is 0 Å². The van der Waals surface area contributed by atoms with Gasteiger partial charge in [-0.25, -0.2) is 9.97 Å². The maximum absolute atomic E-state index is 10.9. The van der Waals surface area contributed by atoms with E-state index in [1.54, 1.807) is 12.3 Å². The minimum atomic E-state index is 0. The zero-order valence-electron chi connectivity index (χ0n) is 26.1. The van der Waals surface area contributed by atoms with Crippen molar-refractivity contribution in [2.45, 2.75) is 0 Å². The van der Waals surface area contributed by atoms with Crippen molar-refractivity contribution in [1.29, 1.82) is 0 Å². The number of nitrogens with zero attached hydrogens (tertiary/aromatic N) is 4. The largest absolute Gasteiger partial charge is 0.507 e. The molecule has 0 aliphatic carbocycles. The van der Waals surface area contributed by atoms with Crippen LogP contribution in [0.2, 0.25) is 0 Å². The van der Waals surface area contributed by atoms with Crippen molar-refractivity contribution in [3.8, 4) is 56.5 Å². The van der Waals surface area contributed by atoms with Crippen molar-refractivity contribution < 1.29 is 26.2 Å². The van der Waals surface area contributed by atoms with E-state index in [-0.39, 0.29) is 26.8 Å². The summed E-state index contributed by atoms with van der Waals surface area (Å²) in [6.45, 7) is 0. The number of fused-ring (bicyclic) bond motifs is 4. The van der Waals surface area contributed by atoms with E-state index >= 15 is 0 Å². The summed E-state index contributed by atoms with van der Waals surface area (Å²) in [5.41, 5.74) is 8.47. The molecule has 6 heteroatoms. The third kappa shape index (κ3) is 5.29. The van der Waals surface area contributed by atoms with Crippen LogP contribution in [0.1, 0.15) is 0 Å². The Kier molecular flexibility index (Phi) is 7.83. The summed E-state index contributed by atoms with van der Waals surface area (Å²) in [6, 6.07) is 50.6. The van der Waals surface area contributed by atoms with Crippen LogP contribution in [0.4, 0.5) is 0 Å². The molecule has 0 saturated heterocycles. The van der Waals surface area contributed by atoms with Crippen LogP contribution in [-0.4, -0.2) is 24.6 Å². The van der Waals surface area contributed by atoms with Crippen LogP contribution in [0.15, 0.2) is 158 Å². The van der Waals surface area contributed by atoms with E-state index in [0.717, 1.165) is 71.8 Å². The van der Waals surface area contributed by atoms with Crippen LogP contribution in [0.25, 0.3) is 83.2 Å². The quantitative estimate of drug-likeness (QED) is 0.139. The SMILES string of the molecule is Oc1cccc2ccc3ccc(-c4cn(-c5c(-c6ccccc6)cccc5-c5ccccc5)c(-c5cccc6cnc[c-]c56)n4)nc3c12.[Pt]. The molecule has 0 aliphatic heterocycles. The molecule has 0 atom stereocenters. The summed E-state index contributed by atoms with van der Waals surface area (Å²) in [4.78, 5) is 14.8. The van der Waals surface area contributed by atoms with E-state index in [0.29, 0.717) is 11.4 Å². The van der Waals surface area contributed by atoms with Crippen molar-refractivity contribution >= 4 is 32.4 Å². The Labute approximate surface area is 297 Å². The molecule has 0 unspecified atom stereocenters. The number of phenolic OH excluding ortho intramolecular Hbond substituents is 1.